The number of carbonyl (C=O) groups is 2. The van der Waals surface area contributed by atoms with Crippen molar-refractivity contribution >= 4 is 29.0 Å². The van der Waals surface area contributed by atoms with Crippen LogP contribution in [0.25, 0.3) is 0 Å². The average Bonchev–Trinajstić information content (AvgIpc) is 2.72. The van der Waals surface area contributed by atoms with E-state index in [1.54, 1.807) is 43.3 Å². The standard InChI is InChI=1S/C23H23N3O3/c1-16-8-14-21(15-9-16)29-17(2)22(27)24-19-10-12-20(13-11-19)26-23(28)25-18-6-4-3-5-7-18/h3-15,17H,1-2H3,(H,24,27)(H2,25,26,28). The topological polar surface area (TPSA) is 79.5 Å². The number of para-hydroxylation sites is 1. The molecule has 0 aliphatic carbocycles. The maximum atomic E-state index is 12.3. The van der Waals surface area contributed by atoms with Gasteiger partial charge in [0.25, 0.3) is 5.91 Å². The minimum Gasteiger partial charge on any atom is -0.481 e. The fourth-order valence-corrected chi connectivity index (χ4v) is 2.57. The molecular formula is C23H23N3O3. The van der Waals surface area contributed by atoms with E-state index in [0.29, 0.717) is 22.8 Å². The van der Waals surface area contributed by atoms with Crippen LogP contribution in [0.15, 0.2) is 78.9 Å². The Morgan fingerprint density at radius 2 is 1.24 bits per heavy atom. The Labute approximate surface area is 169 Å². The summed E-state index contributed by atoms with van der Waals surface area (Å²) in [5.41, 5.74) is 3.06. The lowest BCUT2D eigenvalue weighted by molar-refractivity contribution is -0.122. The lowest BCUT2D eigenvalue weighted by Gasteiger charge is -2.15. The van der Waals surface area contributed by atoms with Gasteiger partial charge >= 0.3 is 6.03 Å². The highest BCUT2D eigenvalue weighted by molar-refractivity contribution is 6.00. The Morgan fingerprint density at radius 1 is 0.724 bits per heavy atom. The quantitative estimate of drug-likeness (QED) is 0.552. The molecule has 0 aliphatic rings. The molecule has 0 aromatic heterocycles. The van der Waals surface area contributed by atoms with Crippen molar-refractivity contribution in [3.63, 3.8) is 0 Å². The molecule has 3 aromatic rings. The second-order valence-corrected chi connectivity index (χ2v) is 6.58. The molecule has 6 nitrogen and oxygen atoms in total. The van der Waals surface area contributed by atoms with Gasteiger partial charge in [0.1, 0.15) is 5.75 Å². The molecule has 148 valence electrons. The molecule has 3 N–H and O–H groups in total. The van der Waals surface area contributed by atoms with Crippen LogP contribution in [0.1, 0.15) is 12.5 Å². The van der Waals surface area contributed by atoms with Gasteiger partial charge in [-0.05, 0) is 62.4 Å². The molecule has 0 saturated carbocycles. The van der Waals surface area contributed by atoms with Gasteiger partial charge in [-0.3, -0.25) is 4.79 Å². The summed E-state index contributed by atoms with van der Waals surface area (Å²) < 4.78 is 5.66. The predicted molar refractivity (Wildman–Crippen MR) is 115 cm³/mol. The Hall–Kier alpha value is -3.80. The molecule has 3 rings (SSSR count). The van der Waals surface area contributed by atoms with E-state index in [-0.39, 0.29) is 11.9 Å². The van der Waals surface area contributed by atoms with Crippen LogP contribution in [0.2, 0.25) is 0 Å². The summed E-state index contributed by atoms with van der Waals surface area (Å²) in [5, 5.41) is 8.29. The normalized spacial score (nSPS) is 11.2. The Morgan fingerprint density at radius 3 is 1.83 bits per heavy atom. The van der Waals surface area contributed by atoms with Gasteiger partial charge in [0.15, 0.2) is 6.10 Å². The second kappa shape index (κ2) is 9.41. The van der Waals surface area contributed by atoms with Crippen LogP contribution >= 0.6 is 0 Å². The van der Waals surface area contributed by atoms with Gasteiger partial charge in [-0.1, -0.05) is 35.9 Å². The Balaban J connectivity index is 1.50. The number of anilines is 3. The van der Waals surface area contributed by atoms with Crippen molar-refractivity contribution in [2.24, 2.45) is 0 Å². The van der Waals surface area contributed by atoms with Crippen molar-refractivity contribution in [2.75, 3.05) is 16.0 Å². The summed E-state index contributed by atoms with van der Waals surface area (Å²) in [5.74, 6) is 0.385. The highest BCUT2D eigenvalue weighted by Crippen LogP contribution is 2.17. The maximum absolute atomic E-state index is 12.3. The molecule has 0 heterocycles. The van der Waals surface area contributed by atoms with Gasteiger partial charge in [0, 0.05) is 17.1 Å². The first-order valence-corrected chi connectivity index (χ1v) is 9.27. The molecule has 3 aromatic carbocycles. The minimum absolute atomic E-state index is 0.256. The third-order valence-electron chi connectivity index (χ3n) is 4.15. The number of amides is 3. The van der Waals surface area contributed by atoms with Crippen molar-refractivity contribution in [1.82, 2.24) is 0 Å². The highest BCUT2D eigenvalue weighted by Gasteiger charge is 2.15. The van der Waals surface area contributed by atoms with Crippen molar-refractivity contribution in [2.45, 2.75) is 20.0 Å². The monoisotopic (exact) mass is 389 g/mol. The summed E-state index contributed by atoms with van der Waals surface area (Å²) in [4.78, 5) is 24.4. The third-order valence-corrected chi connectivity index (χ3v) is 4.15. The van der Waals surface area contributed by atoms with Crippen LogP contribution in [-0.4, -0.2) is 18.0 Å². The van der Waals surface area contributed by atoms with Crippen LogP contribution in [0.4, 0.5) is 21.9 Å². The lowest BCUT2D eigenvalue weighted by Crippen LogP contribution is -2.30. The zero-order chi connectivity index (χ0) is 20.6. The molecule has 1 atom stereocenters. The molecule has 0 saturated heterocycles. The van der Waals surface area contributed by atoms with Crippen LogP contribution in [0.5, 0.6) is 5.75 Å². The smallest absolute Gasteiger partial charge is 0.323 e. The number of carbonyl (C=O) groups excluding carboxylic acids is 2. The number of aryl methyl sites for hydroxylation is 1. The number of benzene rings is 3. The van der Waals surface area contributed by atoms with Gasteiger partial charge in [-0.25, -0.2) is 4.79 Å². The zero-order valence-electron chi connectivity index (χ0n) is 16.3. The summed E-state index contributed by atoms with van der Waals surface area (Å²) >= 11 is 0. The van der Waals surface area contributed by atoms with Crippen LogP contribution < -0.4 is 20.7 Å². The molecule has 6 heteroatoms. The van der Waals surface area contributed by atoms with Crippen LogP contribution in [-0.2, 0) is 4.79 Å². The third kappa shape index (κ3) is 6.10. The highest BCUT2D eigenvalue weighted by atomic mass is 16.5. The van der Waals surface area contributed by atoms with Gasteiger partial charge in [0.05, 0.1) is 0 Å². The Kier molecular flexibility index (Phi) is 6.47. The van der Waals surface area contributed by atoms with Crippen LogP contribution in [0, 0.1) is 6.92 Å². The van der Waals surface area contributed by atoms with E-state index >= 15 is 0 Å². The SMILES string of the molecule is Cc1ccc(OC(C)C(=O)Nc2ccc(NC(=O)Nc3ccccc3)cc2)cc1. The molecule has 3 amide bonds. The second-order valence-electron chi connectivity index (χ2n) is 6.58. The lowest BCUT2D eigenvalue weighted by atomic mass is 10.2. The summed E-state index contributed by atoms with van der Waals surface area (Å²) in [7, 11) is 0. The molecule has 0 fully saturated rings. The number of nitrogens with one attached hydrogen (secondary N) is 3. The molecule has 0 spiro atoms. The number of hydrogen-bond acceptors (Lipinski definition) is 3. The summed E-state index contributed by atoms with van der Waals surface area (Å²) in [6.45, 7) is 3.68. The van der Waals surface area contributed by atoms with E-state index in [2.05, 4.69) is 16.0 Å². The molecule has 0 aliphatic heterocycles. The summed E-state index contributed by atoms with van der Waals surface area (Å²) in [6.07, 6.45) is -0.646. The molecule has 1 unspecified atom stereocenters. The minimum atomic E-state index is -0.646. The Bertz CT molecular complexity index is 955. The number of ether oxygens (including phenoxy) is 1. The van der Waals surface area contributed by atoms with Crippen molar-refractivity contribution in [3.05, 3.63) is 84.4 Å². The van der Waals surface area contributed by atoms with E-state index in [4.69, 9.17) is 4.74 Å². The number of urea groups is 1. The first-order valence-electron chi connectivity index (χ1n) is 9.27. The van der Waals surface area contributed by atoms with Crippen molar-refractivity contribution in [3.8, 4) is 5.75 Å². The molecular weight excluding hydrogens is 366 g/mol. The van der Waals surface area contributed by atoms with E-state index in [1.807, 2.05) is 49.4 Å². The predicted octanol–water partition coefficient (Wildman–Crippen LogP) is 5.05. The van der Waals surface area contributed by atoms with Crippen LogP contribution in [0.3, 0.4) is 0 Å². The molecule has 0 radical (unpaired) electrons. The first kappa shape index (κ1) is 19.9. The molecule has 29 heavy (non-hydrogen) atoms. The fraction of sp³-hybridized carbons (Fsp3) is 0.130. The fourth-order valence-electron chi connectivity index (χ4n) is 2.57. The first-order chi connectivity index (χ1) is 14.0. The number of hydrogen-bond donors (Lipinski definition) is 3. The van der Waals surface area contributed by atoms with E-state index in [1.165, 1.54) is 0 Å². The van der Waals surface area contributed by atoms with Crippen molar-refractivity contribution < 1.29 is 14.3 Å². The maximum Gasteiger partial charge on any atom is 0.323 e. The van der Waals surface area contributed by atoms with Crippen molar-refractivity contribution in [1.29, 1.82) is 0 Å². The van der Waals surface area contributed by atoms with E-state index in [0.717, 1.165) is 5.56 Å². The number of rotatable bonds is 6. The molecule has 0 bridgehead atoms. The van der Waals surface area contributed by atoms with Gasteiger partial charge in [-0.2, -0.15) is 0 Å². The van der Waals surface area contributed by atoms with Gasteiger partial charge in [0.2, 0.25) is 0 Å². The van der Waals surface area contributed by atoms with E-state index < -0.39 is 6.10 Å². The summed E-state index contributed by atoms with van der Waals surface area (Å²) in [6, 6.07) is 23.2. The average molecular weight is 389 g/mol. The zero-order valence-corrected chi connectivity index (χ0v) is 16.3. The van der Waals surface area contributed by atoms with Gasteiger partial charge in [-0.15, -0.1) is 0 Å². The van der Waals surface area contributed by atoms with Gasteiger partial charge < -0.3 is 20.7 Å². The largest absolute Gasteiger partial charge is 0.481 e. The van der Waals surface area contributed by atoms with E-state index in [9.17, 15) is 9.59 Å².